The Hall–Kier alpha value is -1.82. The second-order valence-electron chi connectivity index (χ2n) is 6.45. The lowest BCUT2D eigenvalue weighted by atomic mass is 10.0. The second kappa shape index (κ2) is 7.66. The summed E-state index contributed by atoms with van der Waals surface area (Å²) >= 11 is 9.61. The van der Waals surface area contributed by atoms with E-state index in [-0.39, 0.29) is 5.82 Å². The van der Waals surface area contributed by atoms with Gasteiger partial charge in [-0.2, -0.15) is 0 Å². The molecule has 138 valence electrons. The zero-order chi connectivity index (χ0) is 18.9. The van der Waals surface area contributed by atoms with Gasteiger partial charge >= 0.3 is 0 Å². The van der Waals surface area contributed by atoms with Crippen molar-refractivity contribution in [2.24, 2.45) is 4.99 Å². The van der Waals surface area contributed by atoms with Crippen LogP contribution in [0.1, 0.15) is 16.0 Å². The van der Waals surface area contributed by atoms with Crippen LogP contribution in [0.25, 0.3) is 0 Å². The first-order valence-corrected chi connectivity index (χ1v) is 10.7. The van der Waals surface area contributed by atoms with Crippen LogP contribution in [0.4, 0.5) is 4.39 Å². The van der Waals surface area contributed by atoms with Gasteiger partial charge in [0.25, 0.3) is 0 Å². The molecule has 4 rings (SSSR count). The molecule has 0 bridgehead atoms. The van der Waals surface area contributed by atoms with Crippen molar-refractivity contribution in [3.63, 3.8) is 0 Å². The van der Waals surface area contributed by atoms with Crippen LogP contribution in [0.2, 0.25) is 5.02 Å². The Balaban J connectivity index is 1.67. The van der Waals surface area contributed by atoms with Crippen molar-refractivity contribution in [2.75, 3.05) is 12.4 Å². The summed E-state index contributed by atoms with van der Waals surface area (Å²) in [4.78, 5) is 6.21. The standard InChI is InChI=1S/C21H17ClFNOS2/c1-14-10-19(26-11-14)21(12-25-18-5-3-2-4-17(18)22)13-27-20(24-21)15-6-8-16(23)9-7-15/h2-11H,12-13H2,1H3. The van der Waals surface area contributed by atoms with Crippen molar-refractivity contribution < 1.29 is 9.13 Å². The maximum atomic E-state index is 13.3. The first-order valence-electron chi connectivity index (χ1n) is 8.47. The van der Waals surface area contributed by atoms with Crippen molar-refractivity contribution in [1.29, 1.82) is 0 Å². The first kappa shape index (κ1) is 18.5. The van der Waals surface area contributed by atoms with E-state index in [0.717, 1.165) is 21.2 Å². The van der Waals surface area contributed by atoms with Crippen LogP contribution in [0.3, 0.4) is 0 Å². The van der Waals surface area contributed by atoms with Crippen LogP contribution in [0.5, 0.6) is 5.75 Å². The number of hydrogen-bond acceptors (Lipinski definition) is 4. The van der Waals surface area contributed by atoms with Crippen LogP contribution in [0.15, 0.2) is 65.0 Å². The molecule has 6 heteroatoms. The molecular weight excluding hydrogens is 401 g/mol. The summed E-state index contributed by atoms with van der Waals surface area (Å²) in [5.74, 6) is 1.18. The molecule has 2 aromatic carbocycles. The number of nitrogens with zero attached hydrogens (tertiary/aromatic N) is 1. The number of para-hydroxylation sites is 1. The number of halogens is 2. The highest BCUT2D eigenvalue weighted by atomic mass is 35.5. The van der Waals surface area contributed by atoms with Gasteiger partial charge in [-0.3, -0.25) is 4.99 Å². The Labute approximate surface area is 171 Å². The van der Waals surface area contributed by atoms with E-state index >= 15 is 0 Å². The van der Waals surface area contributed by atoms with Crippen LogP contribution in [-0.2, 0) is 5.54 Å². The van der Waals surface area contributed by atoms with Gasteiger partial charge in [0.05, 0.1) is 10.1 Å². The average Bonchev–Trinajstić information content (AvgIpc) is 3.29. The third-order valence-corrected chi connectivity index (χ3v) is 7.12. The van der Waals surface area contributed by atoms with Crippen molar-refractivity contribution in [3.05, 3.63) is 86.8 Å². The predicted molar refractivity (Wildman–Crippen MR) is 113 cm³/mol. The summed E-state index contributed by atoms with van der Waals surface area (Å²) < 4.78 is 19.3. The predicted octanol–water partition coefficient (Wildman–Crippen LogP) is 6.32. The van der Waals surface area contributed by atoms with Crippen LogP contribution >= 0.6 is 34.7 Å². The Kier molecular flexibility index (Phi) is 5.26. The maximum Gasteiger partial charge on any atom is 0.139 e. The number of aryl methyl sites for hydroxylation is 1. The van der Waals surface area contributed by atoms with E-state index in [9.17, 15) is 4.39 Å². The van der Waals surface area contributed by atoms with Gasteiger partial charge in [-0.1, -0.05) is 23.7 Å². The number of thiophene rings is 1. The lowest BCUT2D eigenvalue weighted by Gasteiger charge is -2.24. The van der Waals surface area contributed by atoms with Crippen LogP contribution < -0.4 is 4.74 Å². The van der Waals surface area contributed by atoms with Gasteiger partial charge in [-0.25, -0.2) is 4.39 Å². The largest absolute Gasteiger partial charge is 0.489 e. The summed E-state index contributed by atoms with van der Waals surface area (Å²) in [5.41, 5.74) is 1.66. The van der Waals surface area contributed by atoms with Gasteiger partial charge in [0, 0.05) is 16.2 Å². The molecule has 0 saturated heterocycles. The van der Waals surface area contributed by atoms with E-state index in [1.165, 1.54) is 17.7 Å². The van der Waals surface area contributed by atoms with Gasteiger partial charge in [-0.05, 0) is 60.3 Å². The van der Waals surface area contributed by atoms with Gasteiger partial charge in [0.2, 0.25) is 0 Å². The molecule has 27 heavy (non-hydrogen) atoms. The minimum atomic E-state index is -0.480. The highest BCUT2D eigenvalue weighted by Crippen LogP contribution is 2.42. The van der Waals surface area contributed by atoms with Gasteiger partial charge < -0.3 is 4.74 Å². The Morgan fingerprint density at radius 2 is 1.96 bits per heavy atom. The molecule has 0 N–H and O–H groups in total. The van der Waals surface area contributed by atoms with Crippen molar-refractivity contribution in [3.8, 4) is 5.75 Å². The molecule has 3 aromatic rings. The lowest BCUT2D eigenvalue weighted by Crippen LogP contribution is -2.31. The van der Waals surface area contributed by atoms with Crippen molar-refractivity contribution in [1.82, 2.24) is 0 Å². The fourth-order valence-corrected chi connectivity index (χ4v) is 5.43. The quantitative estimate of drug-likeness (QED) is 0.484. The molecule has 1 aliphatic rings. The van der Waals surface area contributed by atoms with E-state index < -0.39 is 5.54 Å². The number of ether oxygens (including phenoxy) is 1. The maximum absolute atomic E-state index is 13.3. The fraction of sp³-hybridized carbons (Fsp3) is 0.190. The van der Waals surface area contributed by atoms with Crippen molar-refractivity contribution >= 4 is 39.7 Å². The summed E-state index contributed by atoms with van der Waals surface area (Å²) in [5, 5.41) is 3.62. The molecular formula is C21H17ClFNOS2. The molecule has 2 nitrogen and oxygen atoms in total. The molecule has 1 atom stereocenters. The molecule has 0 amide bonds. The second-order valence-corrected chi connectivity index (χ2v) is 8.73. The Bertz CT molecular complexity index is 986. The lowest BCUT2D eigenvalue weighted by molar-refractivity contribution is 0.241. The molecule has 0 saturated carbocycles. The van der Waals surface area contributed by atoms with E-state index in [2.05, 4.69) is 18.4 Å². The Morgan fingerprint density at radius 1 is 1.19 bits per heavy atom. The zero-order valence-corrected chi connectivity index (χ0v) is 17.0. The van der Waals surface area contributed by atoms with Crippen molar-refractivity contribution in [2.45, 2.75) is 12.5 Å². The SMILES string of the molecule is Cc1csc(C2(COc3ccccc3Cl)CSC(c3ccc(F)cc3)=N2)c1. The third kappa shape index (κ3) is 3.91. The average molecular weight is 418 g/mol. The topological polar surface area (TPSA) is 21.6 Å². The molecule has 0 aliphatic carbocycles. The molecule has 1 aromatic heterocycles. The number of benzene rings is 2. The fourth-order valence-electron chi connectivity index (χ4n) is 2.89. The summed E-state index contributed by atoms with van der Waals surface area (Å²) in [7, 11) is 0. The normalized spacial score (nSPS) is 19.1. The molecule has 0 fully saturated rings. The van der Waals surface area contributed by atoms with Crippen LogP contribution in [-0.4, -0.2) is 17.4 Å². The molecule has 0 radical (unpaired) electrons. The van der Waals surface area contributed by atoms with Gasteiger partial charge in [-0.15, -0.1) is 23.1 Å². The first-order chi connectivity index (χ1) is 13.1. The number of rotatable bonds is 5. The molecule has 2 heterocycles. The van der Waals surface area contributed by atoms with E-state index in [1.807, 2.05) is 24.3 Å². The molecule has 1 unspecified atom stereocenters. The van der Waals surface area contributed by atoms with Gasteiger partial charge in [0.1, 0.15) is 23.7 Å². The van der Waals surface area contributed by atoms with Gasteiger partial charge in [0.15, 0.2) is 0 Å². The Morgan fingerprint density at radius 3 is 2.67 bits per heavy atom. The molecule has 0 spiro atoms. The van der Waals surface area contributed by atoms with E-state index in [0.29, 0.717) is 17.4 Å². The summed E-state index contributed by atoms with van der Waals surface area (Å²) in [6, 6.07) is 16.1. The minimum absolute atomic E-state index is 0.246. The molecule has 1 aliphatic heterocycles. The number of aliphatic imine (C=N–C) groups is 1. The van der Waals surface area contributed by atoms with E-state index in [1.54, 1.807) is 35.2 Å². The third-order valence-electron chi connectivity index (χ3n) is 4.35. The number of hydrogen-bond donors (Lipinski definition) is 0. The van der Waals surface area contributed by atoms with E-state index in [4.69, 9.17) is 21.3 Å². The summed E-state index contributed by atoms with van der Waals surface area (Å²) in [6.45, 7) is 2.48. The highest BCUT2D eigenvalue weighted by molar-refractivity contribution is 8.14. The number of thioether (sulfide) groups is 1. The highest BCUT2D eigenvalue weighted by Gasteiger charge is 2.40. The van der Waals surface area contributed by atoms with Crippen LogP contribution in [0, 0.1) is 12.7 Å². The smallest absolute Gasteiger partial charge is 0.139 e. The summed E-state index contributed by atoms with van der Waals surface area (Å²) in [6.07, 6.45) is 0. The minimum Gasteiger partial charge on any atom is -0.489 e. The zero-order valence-electron chi connectivity index (χ0n) is 14.6. The monoisotopic (exact) mass is 417 g/mol.